The second-order valence-electron chi connectivity index (χ2n) is 5.56. The van der Waals surface area contributed by atoms with E-state index in [0.717, 1.165) is 24.4 Å². The first-order valence-electron chi connectivity index (χ1n) is 7.18. The Morgan fingerprint density at radius 2 is 2.00 bits per heavy atom. The van der Waals surface area contributed by atoms with Gasteiger partial charge < -0.3 is 4.90 Å². The van der Waals surface area contributed by atoms with E-state index in [0.29, 0.717) is 18.9 Å². The van der Waals surface area contributed by atoms with Gasteiger partial charge in [-0.2, -0.15) is 17.7 Å². The number of nitrogens with zero attached hydrogens (tertiary/aromatic N) is 3. The van der Waals surface area contributed by atoms with E-state index in [2.05, 4.69) is 29.9 Å². The molecule has 4 nitrogen and oxygen atoms in total. The van der Waals surface area contributed by atoms with E-state index in [9.17, 15) is 4.79 Å². The van der Waals surface area contributed by atoms with Crippen LogP contribution in [0.25, 0.3) is 0 Å². The molecular weight excluding hydrogens is 282 g/mol. The van der Waals surface area contributed by atoms with Crippen molar-refractivity contribution in [3.05, 3.63) is 53.9 Å². The fourth-order valence-electron chi connectivity index (χ4n) is 2.69. The largest absolute Gasteiger partial charge is 0.338 e. The van der Waals surface area contributed by atoms with Crippen molar-refractivity contribution in [1.82, 2.24) is 14.7 Å². The van der Waals surface area contributed by atoms with Crippen LogP contribution in [0.15, 0.2) is 42.7 Å². The van der Waals surface area contributed by atoms with Gasteiger partial charge in [-0.3, -0.25) is 9.48 Å². The second kappa shape index (κ2) is 6.35. The molecular formula is C16H19N3OS. The summed E-state index contributed by atoms with van der Waals surface area (Å²) in [4.78, 5) is 13.8. The van der Waals surface area contributed by atoms with Crippen LogP contribution in [0, 0.1) is 5.92 Å². The van der Waals surface area contributed by atoms with Gasteiger partial charge in [-0.25, -0.2) is 0 Å². The molecule has 3 rings (SSSR count). The molecule has 0 spiro atoms. The first-order chi connectivity index (χ1) is 10.2. The molecule has 1 aromatic carbocycles. The zero-order valence-corrected chi connectivity index (χ0v) is 12.7. The molecule has 1 aromatic heterocycles. The normalized spacial score (nSPS) is 18.4. The van der Waals surface area contributed by atoms with Crippen LogP contribution >= 0.6 is 12.6 Å². The van der Waals surface area contributed by atoms with Crippen molar-refractivity contribution in [1.29, 1.82) is 0 Å². The molecule has 110 valence electrons. The highest BCUT2D eigenvalue weighted by Gasteiger charge is 2.28. The number of rotatable bonds is 5. The molecule has 1 aliphatic rings. The molecule has 1 amide bonds. The van der Waals surface area contributed by atoms with Crippen molar-refractivity contribution in [2.75, 3.05) is 12.3 Å². The molecule has 1 atom stereocenters. The minimum atomic E-state index is 0.227. The standard InChI is InChI=1S/C16H19N3OS/c20-16-6-14(12-21)8-18(16)9-15-7-17-19(11-15)10-13-4-2-1-3-5-13/h1-5,7,11,14,21H,6,8-10,12H2. The molecule has 1 aliphatic heterocycles. The van der Waals surface area contributed by atoms with Crippen LogP contribution in [0.3, 0.4) is 0 Å². The summed E-state index contributed by atoms with van der Waals surface area (Å²) in [6.45, 7) is 2.22. The summed E-state index contributed by atoms with van der Waals surface area (Å²) in [5.74, 6) is 1.39. The maximum absolute atomic E-state index is 11.9. The number of amides is 1. The Morgan fingerprint density at radius 1 is 1.19 bits per heavy atom. The van der Waals surface area contributed by atoms with Gasteiger partial charge in [0.2, 0.25) is 5.91 Å². The zero-order chi connectivity index (χ0) is 14.7. The molecule has 0 bridgehead atoms. The molecule has 1 fully saturated rings. The van der Waals surface area contributed by atoms with E-state index in [1.807, 2.05) is 40.2 Å². The molecule has 0 N–H and O–H groups in total. The molecule has 0 aliphatic carbocycles. The maximum atomic E-state index is 11.9. The van der Waals surface area contributed by atoms with Crippen molar-refractivity contribution >= 4 is 18.5 Å². The SMILES string of the molecule is O=C1CC(CS)CN1Cc1cnn(Cc2ccccc2)c1. The number of likely N-dealkylation sites (tertiary alicyclic amines) is 1. The third kappa shape index (κ3) is 3.47. The van der Waals surface area contributed by atoms with Gasteiger partial charge in [0.15, 0.2) is 0 Å². The number of carbonyl (C=O) groups is 1. The highest BCUT2D eigenvalue weighted by Crippen LogP contribution is 2.20. The number of carbonyl (C=O) groups excluding carboxylic acids is 1. The Balaban J connectivity index is 1.62. The van der Waals surface area contributed by atoms with Crippen LogP contribution in [0.5, 0.6) is 0 Å². The van der Waals surface area contributed by atoms with Crippen LogP contribution < -0.4 is 0 Å². The first-order valence-corrected chi connectivity index (χ1v) is 7.81. The van der Waals surface area contributed by atoms with E-state index in [4.69, 9.17) is 0 Å². The summed E-state index contributed by atoms with van der Waals surface area (Å²) in [6, 6.07) is 10.2. The lowest BCUT2D eigenvalue weighted by Crippen LogP contribution is -2.24. The van der Waals surface area contributed by atoms with Crippen LogP contribution in [0.4, 0.5) is 0 Å². The van der Waals surface area contributed by atoms with Gasteiger partial charge in [0.05, 0.1) is 12.7 Å². The summed E-state index contributed by atoms with van der Waals surface area (Å²) >= 11 is 4.29. The smallest absolute Gasteiger partial charge is 0.223 e. The number of hydrogen-bond donors (Lipinski definition) is 1. The maximum Gasteiger partial charge on any atom is 0.223 e. The average molecular weight is 301 g/mol. The summed E-state index contributed by atoms with van der Waals surface area (Å²) in [6.07, 6.45) is 4.50. The summed E-state index contributed by atoms with van der Waals surface area (Å²) in [5.41, 5.74) is 2.30. The van der Waals surface area contributed by atoms with Gasteiger partial charge in [-0.1, -0.05) is 30.3 Å². The number of thiol groups is 1. The molecule has 2 heterocycles. The van der Waals surface area contributed by atoms with Gasteiger partial charge in [0, 0.05) is 31.3 Å². The lowest BCUT2D eigenvalue weighted by Gasteiger charge is -2.14. The molecule has 0 saturated carbocycles. The minimum Gasteiger partial charge on any atom is -0.338 e. The van der Waals surface area contributed by atoms with Crippen molar-refractivity contribution < 1.29 is 4.79 Å². The van der Waals surface area contributed by atoms with Crippen molar-refractivity contribution in [3.63, 3.8) is 0 Å². The Morgan fingerprint density at radius 3 is 2.71 bits per heavy atom. The highest BCUT2D eigenvalue weighted by atomic mass is 32.1. The topological polar surface area (TPSA) is 38.1 Å². The predicted octanol–water partition coefficient (Wildman–Crippen LogP) is 2.21. The average Bonchev–Trinajstić information content (AvgIpc) is 3.08. The highest BCUT2D eigenvalue weighted by molar-refractivity contribution is 7.80. The van der Waals surface area contributed by atoms with Crippen LogP contribution in [0.1, 0.15) is 17.5 Å². The van der Waals surface area contributed by atoms with E-state index >= 15 is 0 Å². The van der Waals surface area contributed by atoms with Crippen LogP contribution in [-0.2, 0) is 17.9 Å². The molecule has 2 aromatic rings. The Kier molecular flexibility index (Phi) is 4.29. The fourth-order valence-corrected chi connectivity index (χ4v) is 2.94. The Bertz CT molecular complexity index is 611. The van der Waals surface area contributed by atoms with Gasteiger partial charge in [0.1, 0.15) is 0 Å². The quantitative estimate of drug-likeness (QED) is 0.860. The van der Waals surface area contributed by atoms with Crippen molar-refractivity contribution in [2.45, 2.75) is 19.5 Å². The Hall–Kier alpha value is -1.75. The van der Waals surface area contributed by atoms with Gasteiger partial charge in [0.25, 0.3) is 0 Å². The molecule has 21 heavy (non-hydrogen) atoms. The summed E-state index contributed by atoms with van der Waals surface area (Å²) in [7, 11) is 0. The van der Waals surface area contributed by atoms with Crippen molar-refractivity contribution in [3.8, 4) is 0 Å². The third-order valence-corrected chi connectivity index (χ3v) is 4.32. The van der Waals surface area contributed by atoms with Gasteiger partial charge in [-0.15, -0.1) is 0 Å². The van der Waals surface area contributed by atoms with E-state index in [1.165, 1.54) is 5.56 Å². The van der Waals surface area contributed by atoms with Gasteiger partial charge >= 0.3 is 0 Å². The van der Waals surface area contributed by atoms with Crippen LogP contribution in [-0.4, -0.2) is 32.9 Å². The number of aromatic nitrogens is 2. The first kappa shape index (κ1) is 14.2. The van der Waals surface area contributed by atoms with Crippen molar-refractivity contribution in [2.24, 2.45) is 5.92 Å². The number of benzene rings is 1. The molecule has 1 unspecified atom stereocenters. The zero-order valence-electron chi connectivity index (χ0n) is 11.9. The van der Waals surface area contributed by atoms with E-state index in [-0.39, 0.29) is 5.91 Å². The lowest BCUT2D eigenvalue weighted by atomic mass is 10.1. The molecule has 5 heteroatoms. The lowest BCUT2D eigenvalue weighted by molar-refractivity contribution is -0.128. The van der Waals surface area contributed by atoms with Gasteiger partial charge in [-0.05, 0) is 17.2 Å². The predicted molar refractivity (Wildman–Crippen MR) is 85.1 cm³/mol. The Labute approximate surface area is 130 Å². The fraction of sp³-hybridized carbons (Fsp3) is 0.375. The molecule has 0 radical (unpaired) electrons. The summed E-state index contributed by atoms with van der Waals surface area (Å²) < 4.78 is 1.92. The summed E-state index contributed by atoms with van der Waals surface area (Å²) in [5, 5.41) is 4.38. The minimum absolute atomic E-state index is 0.227. The third-order valence-electron chi connectivity index (χ3n) is 3.80. The van der Waals surface area contributed by atoms with E-state index < -0.39 is 0 Å². The monoisotopic (exact) mass is 301 g/mol. The van der Waals surface area contributed by atoms with Crippen LogP contribution in [0.2, 0.25) is 0 Å². The second-order valence-corrected chi connectivity index (χ2v) is 5.92. The molecule has 1 saturated heterocycles. The van der Waals surface area contributed by atoms with E-state index in [1.54, 1.807) is 0 Å². The number of hydrogen-bond acceptors (Lipinski definition) is 3.